The Labute approximate surface area is 113 Å². The van der Waals surface area contributed by atoms with Gasteiger partial charge in [-0.1, -0.05) is 19.8 Å². The van der Waals surface area contributed by atoms with E-state index >= 15 is 0 Å². The van der Waals surface area contributed by atoms with Crippen molar-refractivity contribution in [2.24, 2.45) is 5.92 Å². The molecule has 1 aliphatic carbocycles. The second-order valence-corrected chi connectivity index (χ2v) is 5.58. The predicted molar refractivity (Wildman–Crippen MR) is 74.3 cm³/mol. The van der Waals surface area contributed by atoms with Crippen molar-refractivity contribution in [3.8, 4) is 0 Å². The standard InChI is InChI=1S/C15H21FN2O/c1-10-4-3-5-12(8-10)18(2)15(19)13-9-11(17)6-7-14(13)16/h6-7,9-10,12H,3-5,8,17H2,1-2H3. The number of nitrogens with two attached hydrogens (primary N) is 1. The van der Waals surface area contributed by atoms with E-state index in [1.54, 1.807) is 11.9 Å². The molecular weight excluding hydrogens is 243 g/mol. The topological polar surface area (TPSA) is 46.3 Å². The molecule has 1 fully saturated rings. The minimum atomic E-state index is -0.505. The van der Waals surface area contributed by atoms with E-state index in [0.29, 0.717) is 11.6 Å². The molecule has 2 rings (SSSR count). The zero-order valence-corrected chi connectivity index (χ0v) is 11.5. The Kier molecular flexibility index (Phi) is 4.08. The molecule has 1 amide bonds. The largest absolute Gasteiger partial charge is 0.399 e. The predicted octanol–water partition coefficient (Wildman–Crippen LogP) is 3.06. The first-order valence-electron chi connectivity index (χ1n) is 6.81. The first-order valence-corrected chi connectivity index (χ1v) is 6.81. The van der Waals surface area contributed by atoms with Crippen LogP contribution in [0.4, 0.5) is 10.1 Å². The Morgan fingerprint density at radius 3 is 2.84 bits per heavy atom. The summed E-state index contributed by atoms with van der Waals surface area (Å²) in [5.41, 5.74) is 6.11. The summed E-state index contributed by atoms with van der Waals surface area (Å²) in [5, 5.41) is 0. The molecule has 0 aliphatic heterocycles. The lowest BCUT2D eigenvalue weighted by atomic mass is 9.86. The third-order valence-corrected chi connectivity index (χ3v) is 4.00. The van der Waals surface area contributed by atoms with Gasteiger partial charge in [-0.15, -0.1) is 0 Å². The second kappa shape index (κ2) is 5.59. The van der Waals surface area contributed by atoms with Crippen LogP contribution in [0.3, 0.4) is 0 Å². The first-order chi connectivity index (χ1) is 8.99. The summed E-state index contributed by atoms with van der Waals surface area (Å²) >= 11 is 0. The molecule has 2 N–H and O–H groups in total. The molecular formula is C15H21FN2O. The highest BCUT2D eigenvalue weighted by atomic mass is 19.1. The van der Waals surface area contributed by atoms with E-state index in [2.05, 4.69) is 6.92 Å². The first kappa shape index (κ1) is 13.8. The third-order valence-electron chi connectivity index (χ3n) is 4.00. The maximum Gasteiger partial charge on any atom is 0.256 e. The van der Waals surface area contributed by atoms with Gasteiger partial charge in [-0.2, -0.15) is 0 Å². The Morgan fingerprint density at radius 2 is 2.16 bits per heavy atom. The summed E-state index contributed by atoms with van der Waals surface area (Å²) < 4.78 is 13.7. The number of halogens is 1. The lowest BCUT2D eigenvalue weighted by molar-refractivity contribution is 0.0667. The van der Waals surface area contributed by atoms with Gasteiger partial charge in [-0.3, -0.25) is 4.79 Å². The van der Waals surface area contributed by atoms with Crippen LogP contribution in [-0.2, 0) is 0 Å². The van der Waals surface area contributed by atoms with Gasteiger partial charge < -0.3 is 10.6 Å². The minimum absolute atomic E-state index is 0.0701. The van der Waals surface area contributed by atoms with Gasteiger partial charge in [0.1, 0.15) is 5.82 Å². The molecule has 0 radical (unpaired) electrons. The average Bonchev–Trinajstić information content (AvgIpc) is 2.40. The van der Waals surface area contributed by atoms with Crippen LogP contribution in [0.25, 0.3) is 0 Å². The molecule has 2 unspecified atom stereocenters. The number of benzene rings is 1. The number of nitrogen functional groups attached to an aromatic ring is 1. The number of anilines is 1. The maximum atomic E-state index is 13.7. The van der Waals surface area contributed by atoms with Crippen LogP contribution in [0, 0.1) is 11.7 Å². The number of hydrogen-bond acceptors (Lipinski definition) is 2. The van der Waals surface area contributed by atoms with E-state index in [9.17, 15) is 9.18 Å². The van der Waals surface area contributed by atoms with E-state index in [0.717, 1.165) is 19.3 Å². The van der Waals surface area contributed by atoms with Crippen molar-refractivity contribution < 1.29 is 9.18 Å². The molecule has 2 atom stereocenters. The quantitative estimate of drug-likeness (QED) is 0.834. The molecule has 1 aromatic carbocycles. The molecule has 3 nitrogen and oxygen atoms in total. The number of hydrogen-bond donors (Lipinski definition) is 1. The molecule has 0 heterocycles. The molecule has 104 valence electrons. The van der Waals surface area contributed by atoms with Crippen LogP contribution in [0.5, 0.6) is 0 Å². The number of nitrogens with zero attached hydrogens (tertiary/aromatic N) is 1. The summed E-state index contributed by atoms with van der Waals surface area (Å²) in [6.45, 7) is 2.20. The highest BCUT2D eigenvalue weighted by Gasteiger charge is 2.27. The molecule has 0 saturated heterocycles. The number of carbonyl (C=O) groups is 1. The van der Waals surface area contributed by atoms with E-state index in [1.807, 2.05) is 0 Å². The summed E-state index contributed by atoms with van der Waals surface area (Å²) in [4.78, 5) is 14.0. The normalized spacial score (nSPS) is 23.1. The van der Waals surface area contributed by atoms with Crippen LogP contribution in [0.15, 0.2) is 18.2 Å². The SMILES string of the molecule is CC1CCCC(N(C)C(=O)c2cc(N)ccc2F)C1. The van der Waals surface area contributed by atoms with Gasteiger partial charge in [-0.25, -0.2) is 4.39 Å². The molecule has 19 heavy (non-hydrogen) atoms. The fraction of sp³-hybridized carbons (Fsp3) is 0.533. The van der Waals surface area contributed by atoms with Crippen molar-refractivity contribution >= 4 is 11.6 Å². The lowest BCUT2D eigenvalue weighted by Crippen LogP contribution is -2.40. The van der Waals surface area contributed by atoms with Crippen molar-refractivity contribution in [2.75, 3.05) is 12.8 Å². The van der Waals surface area contributed by atoms with Crippen molar-refractivity contribution in [2.45, 2.75) is 38.6 Å². The van der Waals surface area contributed by atoms with Gasteiger partial charge in [0.2, 0.25) is 0 Å². The van der Waals surface area contributed by atoms with Gasteiger partial charge in [0.15, 0.2) is 0 Å². The number of carbonyl (C=O) groups excluding carboxylic acids is 1. The molecule has 0 spiro atoms. The fourth-order valence-electron chi connectivity index (χ4n) is 2.82. The second-order valence-electron chi connectivity index (χ2n) is 5.58. The van der Waals surface area contributed by atoms with Crippen molar-refractivity contribution in [1.29, 1.82) is 0 Å². The maximum absolute atomic E-state index is 13.7. The van der Waals surface area contributed by atoms with Crippen molar-refractivity contribution in [3.05, 3.63) is 29.6 Å². The summed E-state index contributed by atoms with van der Waals surface area (Å²) in [6, 6.07) is 4.34. The molecule has 0 bridgehead atoms. The van der Waals surface area contributed by atoms with Gasteiger partial charge in [-0.05, 0) is 37.0 Å². The monoisotopic (exact) mass is 264 g/mol. The van der Waals surface area contributed by atoms with Crippen LogP contribution in [0.1, 0.15) is 43.0 Å². The summed E-state index contributed by atoms with van der Waals surface area (Å²) in [5.74, 6) is -0.154. The van der Waals surface area contributed by atoms with Crippen LogP contribution >= 0.6 is 0 Å². The Balaban J connectivity index is 2.16. The zero-order valence-electron chi connectivity index (χ0n) is 11.5. The average molecular weight is 264 g/mol. The van der Waals surface area contributed by atoms with Crippen LogP contribution in [0.2, 0.25) is 0 Å². The highest BCUT2D eigenvalue weighted by Crippen LogP contribution is 2.28. The van der Waals surface area contributed by atoms with Crippen LogP contribution < -0.4 is 5.73 Å². The van der Waals surface area contributed by atoms with Crippen LogP contribution in [-0.4, -0.2) is 23.9 Å². The smallest absolute Gasteiger partial charge is 0.256 e. The molecule has 0 aromatic heterocycles. The van der Waals surface area contributed by atoms with E-state index in [4.69, 9.17) is 5.73 Å². The Bertz CT molecular complexity index is 475. The van der Waals surface area contributed by atoms with E-state index in [1.165, 1.54) is 24.6 Å². The summed E-state index contributed by atoms with van der Waals surface area (Å²) in [7, 11) is 1.76. The molecule has 4 heteroatoms. The van der Waals surface area contributed by atoms with Gasteiger partial charge in [0.05, 0.1) is 5.56 Å². The van der Waals surface area contributed by atoms with Gasteiger partial charge in [0, 0.05) is 18.8 Å². The van der Waals surface area contributed by atoms with Crippen molar-refractivity contribution in [1.82, 2.24) is 4.90 Å². The Hall–Kier alpha value is -1.58. The number of amides is 1. The zero-order chi connectivity index (χ0) is 14.0. The van der Waals surface area contributed by atoms with Gasteiger partial charge in [0.25, 0.3) is 5.91 Å². The molecule has 1 aromatic rings. The highest BCUT2D eigenvalue weighted by molar-refractivity contribution is 5.95. The van der Waals surface area contributed by atoms with E-state index < -0.39 is 5.82 Å². The summed E-state index contributed by atoms with van der Waals surface area (Å²) in [6.07, 6.45) is 4.33. The molecule has 1 aliphatic rings. The molecule has 1 saturated carbocycles. The third kappa shape index (κ3) is 3.06. The number of rotatable bonds is 2. The van der Waals surface area contributed by atoms with Crippen molar-refractivity contribution in [3.63, 3.8) is 0 Å². The van der Waals surface area contributed by atoms with Gasteiger partial charge >= 0.3 is 0 Å². The van der Waals surface area contributed by atoms with E-state index in [-0.39, 0.29) is 17.5 Å². The minimum Gasteiger partial charge on any atom is -0.399 e. The fourth-order valence-corrected chi connectivity index (χ4v) is 2.82. The lowest BCUT2D eigenvalue weighted by Gasteiger charge is -2.34. The Morgan fingerprint density at radius 1 is 1.42 bits per heavy atom.